The second-order valence-electron chi connectivity index (χ2n) is 5.16. The first-order chi connectivity index (χ1) is 9.67. The molecule has 3 rings (SSSR count). The first kappa shape index (κ1) is 14.7. The van der Waals surface area contributed by atoms with E-state index < -0.39 is 0 Å². The molecule has 1 aromatic heterocycles. The van der Waals surface area contributed by atoms with E-state index in [-0.39, 0.29) is 6.04 Å². The number of aryl methyl sites for hydroxylation is 2. The van der Waals surface area contributed by atoms with Gasteiger partial charge in [0.2, 0.25) is 0 Å². The third kappa shape index (κ3) is 3.02. The van der Waals surface area contributed by atoms with E-state index in [0.29, 0.717) is 0 Å². The van der Waals surface area contributed by atoms with Crippen LogP contribution in [0.5, 0.6) is 0 Å². The molecule has 3 N–H and O–H groups in total. The van der Waals surface area contributed by atoms with Crippen LogP contribution in [0, 0.1) is 0 Å². The first-order valence-corrected chi connectivity index (χ1v) is 9.09. The predicted molar refractivity (Wildman–Crippen MR) is 92.0 cm³/mol. The summed E-state index contributed by atoms with van der Waals surface area (Å²) in [5, 5.41) is 0. The summed E-state index contributed by atoms with van der Waals surface area (Å²) in [5.74, 6) is 5.76. The molecule has 0 aliphatic heterocycles. The van der Waals surface area contributed by atoms with Gasteiger partial charge in [-0.1, -0.05) is 18.2 Å². The molecular formula is C15H16Br2N2S. The quantitative estimate of drug-likeness (QED) is 0.569. The number of nitrogens with one attached hydrogen (secondary N) is 1. The smallest absolute Gasteiger partial charge is 0.0758 e. The fraction of sp³-hybridized carbons (Fsp3) is 0.333. The molecule has 0 amide bonds. The van der Waals surface area contributed by atoms with Crippen LogP contribution in [0.25, 0.3) is 0 Å². The zero-order chi connectivity index (χ0) is 14.1. The van der Waals surface area contributed by atoms with Crippen LogP contribution in [0.3, 0.4) is 0 Å². The van der Waals surface area contributed by atoms with Crippen molar-refractivity contribution in [1.29, 1.82) is 0 Å². The van der Waals surface area contributed by atoms with Crippen LogP contribution in [0.2, 0.25) is 0 Å². The van der Waals surface area contributed by atoms with Gasteiger partial charge in [-0.3, -0.25) is 11.3 Å². The summed E-state index contributed by atoms with van der Waals surface area (Å²) < 4.78 is 2.25. The van der Waals surface area contributed by atoms with Crippen molar-refractivity contribution in [3.05, 3.63) is 54.1 Å². The molecule has 2 nitrogen and oxygen atoms in total. The first-order valence-electron chi connectivity index (χ1n) is 6.69. The van der Waals surface area contributed by atoms with E-state index in [0.717, 1.165) is 14.0 Å². The van der Waals surface area contributed by atoms with Crippen LogP contribution in [-0.4, -0.2) is 0 Å². The van der Waals surface area contributed by atoms with Gasteiger partial charge in [-0.15, -0.1) is 11.3 Å². The van der Waals surface area contributed by atoms with Crippen LogP contribution < -0.4 is 11.3 Å². The molecule has 1 heterocycles. The molecule has 0 spiro atoms. The van der Waals surface area contributed by atoms with Crippen molar-refractivity contribution in [3.63, 3.8) is 0 Å². The normalized spacial score (nSPS) is 15.3. The Kier molecular flexibility index (Phi) is 4.62. The van der Waals surface area contributed by atoms with Crippen LogP contribution >= 0.6 is 43.2 Å². The van der Waals surface area contributed by atoms with E-state index >= 15 is 0 Å². The maximum absolute atomic E-state index is 5.76. The highest BCUT2D eigenvalue weighted by Crippen LogP contribution is 2.36. The van der Waals surface area contributed by atoms with E-state index in [2.05, 4.69) is 61.6 Å². The van der Waals surface area contributed by atoms with Crippen molar-refractivity contribution in [1.82, 2.24) is 5.43 Å². The Morgan fingerprint density at radius 2 is 2.00 bits per heavy atom. The third-order valence-electron chi connectivity index (χ3n) is 3.86. The minimum absolute atomic E-state index is 0.131. The van der Waals surface area contributed by atoms with E-state index in [1.54, 1.807) is 11.3 Å². The largest absolute Gasteiger partial charge is 0.271 e. The molecule has 106 valence electrons. The van der Waals surface area contributed by atoms with Crippen molar-refractivity contribution in [2.75, 3.05) is 0 Å². The van der Waals surface area contributed by atoms with Crippen molar-refractivity contribution in [3.8, 4) is 0 Å². The van der Waals surface area contributed by atoms with Crippen molar-refractivity contribution >= 4 is 43.2 Å². The lowest BCUT2D eigenvalue weighted by Crippen LogP contribution is -2.29. The van der Waals surface area contributed by atoms with Gasteiger partial charge in [0.15, 0.2) is 0 Å². The van der Waals surface area contributed by atoms with Gasteiger partial charge in [0.1, 0.15) is 0 Å². The molecule has 1 aromatic carbocycles. The minimum Gasteiger partial charge on any atom is -0.271 e. The Bertz CT molecular complexity index is 624. The highest BCUT2D eigenvalue weighted by atomic mass is 79.9. The third-order valence-corrected chi connectivity index (χ3v) is 6.25. The van der Waals surface area contributed by atoms with Crippen LogP contribution in [0.4, 0.5) is 0 Å². The number of hydrogen-bond donors (Lipinski definition) is 2. The molecular weight excluding hydrogens is 400 g/mol. The van der Waals surface area contributed by atoms with Crippen molar-refractivity contribution in [2.45, 2.75) is 31.7 Å². The lowest BCUT2D eigenvalue weighted by Gasteiger charge is -2.16. The standard InChI is InChI=1S/C15H16Br2N2S/c16-14-8-12(15(17)20-14)13(19-18)7-9-4-5-10-2-1-3-11(10)6-9/h4-6,8,13,19H,1-3,7,18H2. The van der Waals surface area contributed by atoms with Gasteiger partial charge in [0.25, 0.3) is 0 Å². The molecule has 1 aliphatic rings. The molecule has 20 heavy (non-hydrogen) atoms. The van der Waals surface area contributed by atoms with Gasteiger partial charge >= 0.3 is 0 Å². The Labute approximate surface area is 140 Å². The maximum Gasteiger partial charge on any atom is 0.0758 e. The molecule has 1 aliphatic carbocycles. The number of benzene rings is 1. The molecule has 0 fully saturated rings. The molecule has 1 atom stereocenters. The molecule has 0 bridgehead atoms. The lowest BCUT2D eigenvalue weighted by atomic mass is 9.98. The van der Waals surface area contributed by atoms with E-state index in [1.807, 2.05) is 0 Å². The topological polar surface area (TPSA) is 38.0 Å². The Hall–Kier alpha value is -0.200. The van der Waals surface area contributed by atoms with Crippen LogP contribution in [0.1, 0.15) is 34.7 Å². The highest BCUT2D eigenvalue weighted by Gasteiger charge is 2.18. The second-order valence-corrected chi connectivity index (χ2v) is 8.91. The molecule has 0 saturated heterocycles. The second kappa shape index (κ2) is 6.28. The lowest BCUT2D eigenvalue weighted by molar-refractivity contribution is 0.551. The predicted octanol–water partition coefficient (Wildman–Crippen LogP) is 4.51. The van der Waals surface area contributed by atoms with Gasteiger partial charge in [0, 0.05) is 0 Å². The number of fused-ring (bicyclic) bond motifs is 1. The van der Waals surface area contributed by atoms with Crippen LogP contribution in [0.15, 0.2) is 31.8 Å². The van der Waals surface area contributed by atoms with E-state index in [9.17, 15) is 0 Å². The number of thiophene rings is 1. The Balaban J connectivity index is 1.83. The molecule has 1 unspecified atom stereocenters. The maximum atomic E-state index is 5.76. The Morgan fingerprint density at radius 3 is 2.70 bits per heavy atom. The zero-order valence-corrected chi connectivity index (χ0v) is 14.9. The summed E-state index contributed by atoms with van der Waals surface area (Å²) in [4.78, 5) is 0. The molecule has 0 saturated carbocycles. The highest BCUT2D eigenvalue weighted by molar-refractivity contribution is 9.12. The van der Waals surface area contributed by atoms with Crippen molar-refractivity contribution < 1.29 is 0 Å². The summed E-state index contributed by atoms with van der Waals surface area (Å²) in [5.41, 5.74) is 8.54. The summed E-state index contributed by atoms with van der Waals surface area (Å²) in [6.07, 6.45) is 4.65. The molecule has 2 aromatic rings. The van der Waals surface area contributed by atoms with Gasteiger partial charge in [-0.05, 0) is 85.9 Å². The summed E-state index contributed by atoms with van der Waals surface area (Å²) in [6, 6.07) is 9.13. The fourth-order valence-corrected chi connectivity index (χ4v) is 5.81. The van der Waals surface area contributed by atoms with E-state index in [4.69, 9.17) is 5.84 Å². The number of nitrogens with two attached hydrogens (primary N) is 1. The van der Waals surface area contributed by atoms with Gasteiger partial charge < -0.3 is 0 Å². The molecule has 5 heteroatoms. The monoisotopic (exact) mass is 414 g/mol. The van der Waals surface area contributed by atoms with Gasteiger partial charge in [0.05, 0.1) is 13.6 Å². The SMILES string of the molecule is NNC(Cc1ccc2c(c1)CCC2)c1cc(Br)sc1Br. The minimum atomic E-state index is 0.131. The fourth-order valence-electron chi connectivity index (χ4n) is 2.84. The van der Waals surface area contributed by atoms with Gasteiger partial charge in [-0.2, -0.15) is 0 Å². The number of hydrogen-bond acceptors (Lipinski definition) is 3. The summed E-state index contributed by atoms with van der Waals surface area (Å²) in [6.45, 7) is 0. The zero-order valence-electron chi connectivity index (χ0n) is 11.0. The average molecular weight is 416 g/mol. The van der Waals surface area contributed by atoms with E-state index in [1.165, 1.54) is 41.5 Å². The Morgan fingerprint density at radius 1 is 1.20 bits per heavy atom. The van der Waals surface area contributed by atoms with Crippen LogP contribution in [-0.2, 0) is 19.3 Å². The van der Waals surface area contributed by atoms with Gasteiger partial charge in [-0.25, -0.2) is 0 Å². The number of hydrazine groups is 1. The summed E-state index contributed by atoms with van der Waals surface area (Å²) in [7, 11) is 0. The number of halogens is 2. The molecule has 0 radical (unpaired) electrons. The summed E-state index contributed by atoms with van der Waals surface area (Å²) >= 11 is 8.82. The number of rotatable bonds is 4. The van der Waals surface area contributed by atoms with Crippen molar-refractivity contribution in [2.24, 2.45) is 5.84 Å². The average Bonchev–Trinajstić information content (AvgIpc) is 3.01.